The van der Waals surface area contributed by atoms with Gasteiger partial charge in [-0.2, -0.15) is 0 Å². The molecule has 1 heterocycles. The number of aromatic amines is 1. The Morgan fingerprint density at radius 3 is 2.45 bits per heavy atom. The summed E-state index contributed by atoms with van der Waals surface area (Å²) in [5.74, 6) is 0.388. The Morgan fingerprint density at radius 1 is 1.00 bits per heavy atom. The van der Waals surface area contributed by atoms with Crippen LogP contribution < -0.4 is 5.73 Å². The van der Waals surface area contributed by atoms with Crippen molar-refractivity contribution in [3.8, 4) is 0 Å². The maximum absolute atomic E-state index is 6.06. The maximum atomic E-state index is 6.06. The Kier molecular flexibility index (Phi) is 3.38. The first-order valence-electron chi connectivity index (χ1n) is 6.01. The second-order valence-electron chi connectivity index (χ2n) is 4.36. The number of imidazole rings is 1. The fourth-order valence-corrected chi connectivity index (χ4v) is 2.61. The zero-order valence-electron chi connectivity index (χ0n) is 10.4. The normalized spacial score (nSPS) is 10.7. The summed E-state index contributed by atoms with van der Waals surface area (Å²) in [7, 11) is 0. The van der Waals surface area contributed by atoms with Crippen LogP contribution in [0.25, 0.3) is 16.6 Å². The van der Waals surface area contributed by atoms with E-state index in [9.17, 15) is 0 Å². The first-order valence-corrected chi connectivity index (χ1v) is 6.77. The average Bonchev–Trinajstić information content (AvgIpc) is 2.79. The summed E-state index contributed by atoms with van der Waals surface area (Å²) < 4.78 is 0.225. The lowest BCUT2D eigenvalue weighted by molar-refractivity contribution is 1.35. The molecule has 0 unspecified atom stereocenters. The fraction of sp³-hybridized carbons (Fsp3) is 0. The summed E-state index contributed by atoms with van der Waals surface area (Å²) in [4.78, 5) is 7.17. The van der Waals surface area contributed by atoms with E-state index in [1.165, 1.54) is 0 Å². The molecule has 0 fully saturated rings. The monoisotopic (exact) mass is 303 g/mol. The summed E-state index contributed by atoms with van der Waals surface area (Å²) in [5, 5.41) is 0. The van der Waals surface area contributed by atoms with Gasteiger partial charge in [-0.3, -0.25) is 0 Å². The molecular weight excluding hydrogens is 293 g/mol. The Balaban J connectivity index is 2.18. The summed E-state index contributed by atoms with van der Waals surface area (Å²) >= 11 is 12.1. The number of hydrogen-bond donors (Lipinski definition) is 2. The number of anilines is 1. The van der Waals surface area contributed by atoms with Crippen molar-refractivity contribution in [2.75, 3.05) is 5.73 Å². The Bertz CT molecular complexity index is 787. The molecule has 0 bridgehead atoms. The smallest absolute Gasteiger partial charge is 0.198 e. The molecular formula is C15H11Cl2N3. The molecule has 0 aliphatic rings. The molecule has 100 valence electrons. The van der Waals surface area contributed by atoms with E-state index >= 15 is 0 Å². The minimum absolute atomic E-state index is 0.225. The summed E-state index contributed by atoms with van der Waals surface area (Å²) in [6.45, 7) is 0. The molecule has 20 heavy (non-hydrogen) atoms. The molecule has 3 N–H and O–H groups in total. The molecule has 5 heteroatoms. The van der Waals surface area contributed by atoms with E-state index in [1.54, 1.807) is 0 Å². The van der Waals surface area contributed by atoms with E-state index in [-0.39, 0.29) is 4.49 Å². The van der Waals surface area contributed by atoms with Gasteiger partial charge in [-0.1, -0.05) is 59.6 Å². The van der Waals surface area contributed by atoms with Gasteiger partial charge in [0.25, 0.3) is 0 Å². The number of aromatic nitrogens is 2. The van der Waals surface area contributed by atoms with E-state index in [1.807, 2.05) is 48.5 Å². The van der Waals surface area contributed by atoms with Crippen LogP contribution in [0.4, 0.5) is 5.95 Å². The topological polar surface area (TPSA) is 54.7 Å². The van der Waals surface area contributed by atoms with Crippen molar-refractivity contribution in [2.24, 2.45) is 0 Å². The Morgan fingerprint density at radius 2 is 1.75 bits per heavy atom. The summed E-state index contributed by atoms with van der Waals surface area (Å²) in [5.41, 5.74) is 9.97. The number of hydrogen-bond acceptors (Lipinski definition) is 2. The van der Waals surface area contributed by atoms with Crippen LogP contribution in [-0.2, 0) is 0 Å². The van der Waals surface area contributed by atoms with Crippen LogP contribution in [0, 0.1) is 0 Å². The highest BCUT2D eigenvalue weighted by atomic mass is 35.5. The van der Waals surface area contributed by atoms with Gasteiger partial charge in [0, 0.05) is 5.57 Å². The Hall–Kier alpha value is -1.97. The van der Waals surface area contributed by atoms with Crippen molar-refractivity contribution in [2.45, 2.75) is 0 Å². The molecule has 3 nitrogen and oxygen atoms in total. The zero-order chi connectivity index (χ0) is 14.1. The zero-order valence-corrected chi connectivity index (χ0v) is 11.9. The number of nitrogens with zero attached hydrogens (tertiary/aromatic N) is 1. The third-order valence-electron chi connectivity index (χ3n) is 3.04. The minimum Gasteiger partial charge on any atom is -0.369 e. The minimum atomic E-state index is 0.225. The quantitative estimate of drug-likeness (QED) is 0.740. The van der Waals surface area contributed by atoms with Crippen molar-refractivity contribution >= 4 is 45.8 Å². The molecule has 0 atom stereocenters. The molecule has 0 spiro atoms. The number of nitrogens with two attached hydrogens (primary N) is 1. The van der Waals surface area contributed by atoms with Crippen LogP contribution in [0.5, 0.6) is 0 Å². The van der Waals surface area contributed by atoms with Gasteiger partial charge in [0.2, 0.25) is 0 Å². The van der Waals surface area contributed by atoms with Crippen LogP contribution in [0.1, 0.15) is 11.1 Å². The van der Waals surface area contributed by atoms with Crippen molar-refractivity contribution in [3.05, 3.63) is 64.1 Å². The fourth-order valence-electron chi connectivity index (χ4n) is 2.17. The third-order valence-corrected chi connectivity index (χ3v) is 3.42. The molecule has 0 aliphatic carbocycles. The van der Waals surface area contributed by atoms with Crippen molar-refractivity contribution in [3.63, 3.8) is 0 Å². The molecule has 2 aromatic carbocycles. The molecule has 0 radical (unpaired) electrons. The lowest BCUT2D eigenvalue weighted by Gasteiger charge is -2.08. The number of benzene rings is 2. The van der Waals surface area contributed by atoms with E-state index in [4.69, 9.17) is 28.9 Å². The Labute approximate surface area is 126 Å². The highest BCUT2D eigenvalue weighted by Gasteiger charge is 2.11. The van der Waals surface area contributed by atoms with Crippen LogP contribution in [-0.4, -0.2) is 9.97 Å². The standard InChI is InChI=1S/C15H11Cl2N3/c16-14(17)13(9-4-2-1-3-5-9)10-6-7-11-12(8-10)20-15(18)19-11/h1-8H,(H3,18,19,20). The number of nitrogens with one attached hydrogen (secondary N) is 1. The van der Waals surface area contributed by atoms with Gasteiger partial charge in [0.15, 0.2) is 5.95 Å². The second kappa shape index (κ2) is 5.19. The van der Waals surface area contributed by atoms with Crippen LogP contribution in [0.15, 0.2) is 53.0 Å². The van der Waals surface area contributed by atoms with E-state index in [0.717, 1.165) is 27.7 Å². The van der Waals surface area contributed by atoms with Gasteiger partial charge in [-0.25, -0.2) is 4.98 Å². The third kappa shape index (κ3) is 2.38. The molecule has 0 saturated carbocycles. The number of nitrogen functional groups attached to an aromatic ring is 1. The van der Waals surface area contributed by atoms with Gasteiger partial charge < -0.3 is 10.7 Å². The number of H-pyrrole nitrogens is 1. The van der Waals surface area contributed by atoms with Crippen molar-refractivity contribution in [1.82, 2.24) is 9.97 Å². The number of fused-ring (bicyclic) bond motifs is 1. The predicted molar refractivity (Wildman–Crippen MR) is 84.7 cm³/mol. The maximum Gasteiger partial charge on any atom is 0.198 e. The summed E-state index contributed by atoms with van der Waals surface area (Å²) in [6, 6.07) is 15.5. The highest BCUT2D eigenvalue weighted by Crippen LogP contribution is 2.32. The van der Waals surface area contributed by atoms with Crippen molar-refractivity contribution < 1.29 is 0 Å². The second-order valence-corrected chi connectivity index (χ2v) is 5.30. The van der Waals surface area contributed by atoms with Gasteiger partial charge in [-0.05, 0) is 23.3 Å². The first kappa shape index (κ1) is 13.0. The van der Waals surface area contributed by atoms with Gasteiger partial charge in [0.1, 0.15) is 4.49 Å². The number of rotatable bonds is 2. The first-order chi connectivity index (χ1) is 9.65. The van der Waals surface area contributed by atoms with E-state index in [2.05, 4.69) is 9.97 Å². The molecule has 1 aromatic heterocycles. The van der Waals surface area contributed by atoms with E-state index < -0.39 is 0 Å². The van der Waals surface area contributed by atoms with Crippen LogP contribution in [0.2, 0.25) is 0 Å². The van der Waals surface area contributed by atoms with Gasteiger partial charge in [0.05, 0.1) is 11.0 Å². The highest BCUT2D eigenvalue weighted by molar-refractivity contribution is 6.59. The SMILES string of the molecule is Nc1nc2ccc(C(=C(Cl)Cl)c3ccccc3)cc2[nH]1. The molecule has 0 saturated heterocycles. The predicted octanol–water partition coefficient (Wildman–Crippen LogP) is 4.34. The summed E-state index contributed by atoms with van der Waals surface area (Å²) in [6.07, 6.45) is 0. The van der Waals surface area contributed by atoms with Crippen LogP contribution in [0.3, 0.4) is 0 Å². The van der Waals surface area contributed by atoms with Crippen LogP contribution >= 0.6 is 23.2 Å². The molecule has 3 aromatic rings. The van der Waals surface area contributed by atoms with Crippen molar-refractivity contribution in [1.29, 1.82) is 0 Å². The lowest BCUT2D eigenvalue weighted by atomic mass is 9.99. The average molecular weight is 304 g/mol. The molecule has 0 aliphatic heterocycles. The van der Waals surface area contributed by atoms with Gasteiger partial charge >= 0.3 is 0 Å². The number of halogens is 2. The molecule has 3 rings (SSSR count). The molecule has 0 amide bonds. The lowest BCUT2D eigenvalue weighted by Crippen LogP contribution is -1.89. The van der Waals surface area contributed by atoms with E-state index in [0.29, 0.717) is 5.95 Å². The largest absolute Gasteiger partial charge is 0.369 e. The van der Waals surface area contributed by atoms with Gasteiger partial charge in [-0.15, -0.1) is 0 Å².